The van der Waals surface area contributed by atoms with Crippen LogP contribution in [0.3, 0.4) is 0 Å². The van der Waals surface area contributed by atoms with Crippen LogP contribution in [0.4, 0.5) is 0 Å². The molecule has 0 radical (unpaired) electrons. The fraction of sp³-hybridized carbons (Fsp3) is 0.250. The second kappa shape index (κ2) is 6.46. The standard InChI is InChI=1S/C16H17N3O3S2/c1-10-5-4-6-13(18-10)9-17-24(20,21)15-8-7-14(23-15)16-11(2)19-22-12(16)3/h4-8,17H,9H2,1-3H3. The van der Waals surface area contributed by atoms with Gasteiger partial charge in [0.25, 0.3) is 0 Å². The number of aromatic nitrogens is 2. The van der Waals surface area contributed by atoms with Crippen LogP contribution in [0.15, 0.2) is 39.1 Å². The fourth-order valence-corrected chi connectivity index (χ4v) is 4.87. The second-order valence-corrected chi connectivity index (χ2v) is 8.49. The van der Waals surface area contributed by atoms with E-state index in [1.54, 1.807) is 18.2 Å². The van der Waals surface area contributed by atoms with Crippen LogP contribution in [-0.4, -0.2) is 18.6 Å². The summed E-state index contributed by atoms with van der Waals surface area (Å²) in [5.74, 6) is 0.676. The van der Waals surface area contributed by atoms with E-state index in [1.807, 2.05) is 32.9 Å². The van der Waals surface area contributed by atoms with Crippen molar-refractivity contribution < 1.29 is 12.9 Å². The molecule has 8 heteroatoms. The summed E-state index contributed by atoms with van der Waals surface area (Å²) >= 11 is 1.19. The van der Waals surface area contributed by atoms with Crippen LogP contribution in [0, 0.1) is 20.8 Å². The maximum Gasteiger partial charge on any atom is 0.250 e. The average Bonchev–Trinajstić information content (AvgIpc) is 3.13. The van der Waals surface area contributed by atoms with E-state index in [-0.39, 0.29) is 10.8 Å². The molecule has 24 heavy (non-hydrogen) atoms. The molecule has 0 aromatic carbocycles. The van der Waals surface area contributed by atoms with Gasteiger partial charge in [0.05, 0.1) is 23.5 Å². The van der Waals surface area contributed by atoms with E-state index in [2.05, 4.69) is 14.9 Å². The van der Waals surface area contributed by atoms with Gasteiger partial charge in [-0.05, 0) is 45.0 Å². The van der Waals surface area contributed by atoms with E-state index in [9.17, 15) is 8.42 Å². The molecule has 0 aliphatic carbocycles. The number of hydrogen-bond acceptors (Lipinski definition) is 6. The van der Waals surface area contributed by atoms with Crippen molar-refractivity contribution in [1.82, 2.24) is 14.9 Å². The third-order valence-electron chi connectivity index (χ3n) is 3.52. The number of aryl methyl sites for hydroxylation is 3. The summed E-state index contributed by atoms with van der Waals surface area (Å²) in [7, 11) is -3.59. The largest absolute Gasteiger partial charge is 0.361 e. The van der Waals surface area contributed by atoms with Gasteiger partial charge < -0.3 is 4.52 Å². The zero-order chi connectivity index (χ0) is 17.3. The van der Waals surface area contributed by atoms with Gasteiger partial charge in [-0.25, -0.2) is 13.1 Å². The molecule has 0 spiro atoms. The van der Waals surface area contributed by atoms with E-state index in [0.29, 0.717) is 11.5 Å². The molecule has 126 valence electrons. The van der Waals surface area contributed by atoms with Gasteiger partial charge >= 0.3 is 0 Å². The molecule has 6 nitrogen and oxygen atoms in total. The quantitative estimate of drug-likeness (QED) is 0.752. The van der Waals surface area contributed by atoms with Crippen molar-refractivity contribution in [3.63, 3.8) is 0 Å². The Labute approximate surface area is 144 Å². The van der Waals surface area contributed by atoms with Gasteiger partial charge in [-0.15, -0.1) is 11.3 Å². The molecule has 3 aromatic rings. The number of rotatable bonds is 5. The van der Waals surface area contributed by atoms with Crippen molar-refractivity contribution in [2.24, 2.45) is 0 Å². The smallest absolute Gasteiger partial charge is 0.250 e. The first-order valence-corrected chi connectivity index (χ1v) is 9.62. The molecule has 0 saturated heterocycles. The van der Waals surface area contributed by atoms with E-state index >= 15 is 0 Å². The topological polar surface area (TPSA) is 85.1 Å². The summed E-state index contributed by atoms with van der Waals surface area (Å²) in [4.78, 5) is 5.11. The van der Waals surface area contributed by atoms with E-state index < -0.39 is 10.0 Å². The van der Waals surface area contributed by atoms with Gasteiger partial charge in [0, 0.05) is 10.6 Å². The third kappa shape index (κ3) is 3.40. The predicted octanol–water partition coefficient (Wildman–Crippen LogP) is 3.20. The minimum Gasteiger partial charge on any atom is -0.361 e. The highest BCUT2D eigenvalue weighted by molar-refractivity contribution is 7.91. The molecule has 0 saturated carbocycles. The number of nitrogens with one attached hydrogen (secondary N) is 1. The van der Waals surface area contributed by atoms with Crippen LogP contribution < -0.4 is 4.72 Å². The zero-order valence-electron chi connectivity index (χ0n) is 13.5. The fourth-order valence-electron chi connectivity index (χ4n) is 2.37. The Hall–Kier alpha value is -2.03. The van der Waals surface area contributed by atoms with Crippen molar-refractivity contribution >= 4 is 21.4 Å². The lowest BCUT2D eigenvalue weighted by molar-refractivity contribution is 0.393. The summed E-state index contributed by atoms with van der Waals surface area (Å²) in [6.45, 7) is 5.67. The van der Waals surface area contributed by atoms with Crippen LogP contribution in [0.1, 0.15) is 22.8 Å². The highest BCUT2D eigenvalue weighted by atomic mass is 32.2. The lowest BCUT2D eigenvalue weighted by atomic mass is 10.2. The Morgan fingerprint density at radius 2 is 1.96 bits per heavy atom. The molecule has 3 heterocycles. The minimum absolute atomic E-state index is 0.155. The Morgan fingerprint density at radius 3 is 2.62 bits per heavy atom. The number of sulfonamides is 1. The SMILES string of the molecule is Cc1cccc(CNS(=O)(=O)c2ccc(-c3c(C)noc3C)s2)n1. The first-order chi connectivity index (χ1) is 11.4. The van der Waals surface area contributed by atoms with E-state index in [4.69, 9.17) is 4.52 Å². The van der Waals surface area contributed by atoms with Crippen molar-refractivity contribution in [1.29, 1.82) is 0 Å². The summed E-state index contributed by atoms with van der Waals surface area (Å²) in [5, 5.41) is 3.91. The molecule has 0 fully saturated rings. The lowest BCUT2D eigenvalue weighted by Gasteiger charge is -2.05. The summed E-state index contributed by atoms with van der Waals surface area (Å²) in [5.41, 5.74) is 3.13. The Bertz CT molecular complexity index is 955. The molecule has 3 aromatic heterocycles. The van der Waals surface area contributed by atoms with Crippen molar-refractivity contribution in [2.45, 2.75) is 31.5 Å². The maximum absolute atomic E-state index is 12.5. The normalized spacial score (nSPS) is 11.8. The van der Waals surface area contributed by atoms with Crippen LogP contribution in [0.25, 0.3) is 10.4 Å². The van der Waals surface area contributed by atoms with Crippen LogP contribution >= 0.6 is 11.3 Å². The number of hydrogen-bond donors (Lipinski definition) is 1. The van der Waals surface area contributed by atoms with Crippen molar-refractivity contribution in [3.8, 4) is 10.4 Å². The Kier molecular flexibility index (Phi) is 4.53. The van der Waals surface area contributed by atoms with Crippen molar-refractivity contribution in [3.05, 3.63) is 53.2 Å². The van der Waals surface area contributed by atoms with Gasteiger partial charge in [0.2, 0.25) is 10.0 Å². The Morgan fingerprint density at radius 1 is 1.17 bits per heavy atom. The first kappa shape index (κ1) is 16.8. The van der Waals surface area contributed by atoms with Gasteiger partial charge in [0.1, 0.15) is 9.97 Å². The summed E-state index contributed by atoms with van der Waals surface area (Å²) < 4.78 is 32.9. The molecule has 0 unspecified atom stereocenters. The molecule has 0 aliphatic heterocycles. The first-order valence-electron chi connectivity index (χ1n) is 7.32. The number of thiophene rings is 1. The van der Waals surface area contributed by atoms with E-state index in [0.717, 1.165) is 21.8 Å². The molecule has 0 aliphatic rings. The highest BCUT2D eigenvalue weighted by Gasteiger charge is 2.20. The van der Waals surface area contributed by atoms with Crippen LogP contribution in [0.2, 0.25) is 0 Å². The van der Waals surface area contributed by atoms with Gasteiger partial charge in [0.15, 0.2) is 0 Å². The molecular formula is C16H17N3O3S2. The molecule has 0 amide bonds. The predicted molar refractivity (Wildman–Crippen MR) is 92.3 cm³/mol. The summed E-state index contributed by atoms with van der Waals surface area (Å²) in [6.07, 6.45) is 0. The number of pyridine rings is 1. The summed E-state index contributed by atoms with van der Waals surface area (Å²) in [6, 6.07) is 8.88. The second-order valence-electron chi connectivity index (χ2n) is 5.41. The third-order valence-corrected chi connectivity index (χ3v) is 6.51. The minimum atomic E-state index is -3.59. The van der Waals surface area contributed by atoms with Crippen LogP contribution in [0.5, 0.6) is 0 Å². The lowest BCUT2D eigenvalue weighted by Crippen LogP contribution is -2.22. The molecule has 3 rings (SSSR count). The van der Waals surface area contributed by atoms with Gasteiger partial charge in [-0.2, -0.15) is 0 Å². The molecule has 0 atom stereocenters. The number of nitrogens with zero attached hydrogens (tertiary/aromatic N) is 2. The zero-order valence-corrected chi connectivity index (χ0v) is 15.2. The molecule has 1 N–H and O–H groups in total. The van der Waals surface area contributed by atoms with E-state index in [1.165, 1.54) is 11.3 Å². The average molecular weight is 363 g/mol. The van der Waals surface area contributed by atoms with Gasteiger partial charge in [-0.1, -0.05) is 11.2 Å². The van der Waals surface area contributed by atoms with Crippen molar-refractivity contribution in [2.75, 3.05) is 0 Å². The van der Waals surface area contributed by atoms with Gasteiger partial charge in [-0.3, -0.25) is 4.98 Å². The molecule has 0 bridgehead atoms. The highest BCUT2D eigenvalue weighted by Crippen LogP contribution is 2.34. The maximum atomic E-state index is 12.5. The van der Waals surface area contributed by atoms with Crippen LogP contribution in [-0.2, 0) is 16.6 Å². The monoisotopic (exact) mass is 363 g/mol. The molecular weight excluding hydrogens is 346 g/mol. The Balaban J connectivity index is 1.81.